The number of rotatable bonds is 5. The van der Waals surface area contributed by atoms with E-state index in [9.17, 15) is 4.79 Å². The predicted octanol–water partition coefficient (Wildman–Crippen LogP) is 1.43. The minimum atomic E-state index is -0.0486. The molecule has 0 spiro atoms. The number of nitrogens with one attached hydrogen (secondary N) is 1. The molecule has 0 saturated carbocycles. The second kappa shape index (κ2) is 6.19. The van der Waals surface area contributed by atoms with Gasteiger partial charge in [0, 0.05) is 32.4 Å². The summed E-state index contributed by atoms with van der Waals surface area (Å²) in [6.07, 6.45) is 1.95. The Kier molecular flexibility index (Phi) is 4.11. The Morgan fingerprint density at radius 3 is 2.68 bits per heavy atom. The summed E-state index contributed by atoms with van der Waals surface area (Å²) in [6.45, 7) is 3.95. The average Bonchev–Trinajstić information content (AvgIpc) is 2.84. The van der Waals surface area contributed by atoms with Crippen molar-refractivity contribution in [1.29, 1.82) is 0 Å². The first-order valence-corrected chi connectivity index (χ1v) is 7.34. The predicted molar refractivity (Wildman–Crippen MR) is 83.9 cm³/mol. The minimum absolute atomic E-state index is 0.0486. The summed E-state index contributed by atoms with van der Waals surface area (Å²) in [5.74, 6) is 1.42. The molecule has 1 fully saturated rings. The third-order valence-corrected chi connectivity index (χ3v) is 3.60. The van der Waals surface area contributed by atoms with Crippen molar-refractivity contribution in [3.63, 3.8) is 0 Å². The van der Waals surface area contributed by atoms with Crippen LogP contribution in [0.1, 0.15) is 5.56 Å². The van der Waals surface area contributed by atoms with Crippen LogP contribution >= 0.6 is 0 Å². The molecule has 3 rings (SSSR count). The van der Waals surface area contributed by atoms with E-state index in [-0.39, 0.29) is 12.0 Å². The lowest BCUT2D eigenvalue weighted by molar-refractivity contribution is -0.119. The summed E-state index contributed by atoms with van der Waals surface area (Å²) in [7, 11) is 1.82. The molecule has 0 unspecified atom stereocenters. The number of carbonyl (C=O) groups is 1. The average molecular weight is 300 g/mol. The zero-order chi connectivity index (χ0) is 15.5. The van der Waals surface area contributed by atoms with Crippen molar-refractivity contribution in [3.8, 4) is 5.75 Å². The summed E-state index contributed by atoms with van der Waals surface area (Å²) in [6, 6.07) is 9.80. The first kappa shape index (κ1) is 14.6. The topological polar surface area (TPSA) is 59.4 Å². The summed E-state index contributed by atoms with van der Waals surface area (Å²) in [4.78, 5) is 13.9. The number of hydrogen-bond acceptors (Lipinski definition) is 4. The van der Waals surface area contributed by atoms with Crippen LogP contribution in [0.4, 0.5) is 5.82 Å². The lowest BCUT2D eigenvalue weighted by atomic mass is 10.1. The first-order chi connectivity index (χ1) is 10.6. The molecular formula is C16H20N4O2. The van der Waals surface area contributed by atoms with Crippen LogP contribution in [0.5, 0.6) is 5.75 Å². The van der Waals surface area contributed by atoms with Crippen LogP contribution in [0.2, 0.25) is 0 Å². The lowest BCUT2D eigenvalue weighted by Gasteiger charge is -2.38. The number of benzene rings is 1. The fraction of sp³-hybridized carbons (Fsp3) is 0.375. The molecule has 1 aromatic carbocycles. The third kappa shape index (κ3) is 3.65. The van der Waals surface area contributed by atoms with Crippen LogP contribution in [0, 0.1) is 6.92 Å². The number of likely N-dealkylation sites (tertiary alicyclic amines) is 1. The number of carbonyl (C=O) groups excluding carboxylic acids is 1. The van der Waals surface area contributed by atoms with Crippen LogP contribution in [0.15, 0.2) is 36.5 Å². The van der Waals surface area contributed by atoms with Crippen molar-refractivity contribution in [1.82, 2.24) is 14.7 Å². The Morgan fingerprint density at radius 1 is 1.32 bits per heavy atom. The van der Waals surface area contributed by atoms with E-state index in [1.54, 1.807) is 16.9 Å². The maximum absolute atomic E-state index is 11.9. The Balaban J connectivity index is 1.40. The highest BCUT2D eigenvalue weighted by Crippen LogP contribution is 2.18. The van der Waals surface area contributed by atoms with Gasteiger partial charge in [0.1, 0.15) is 11.9 Å². The molecule has 2 aromatic rings. The standard InChI is InChI=1S/C16H20N4O2/c1-12-3-5-13(6-4-12)22-14-9-20(10-14)11-16(21)17-15-7-8-19(2)18-15/h3-8,14H,9-11H2,1-2H3,(H,17,18,21). The maximum Gasteiger partial charge on any atom is 0.239 e. The molecule has 0 bridgehead atoms. The van der Waals surface area contributed by atoms with Crippen molar-refractivity contribution >= 4 is 11.7 Å². The quantitative estimate of drug-likeness (QED) is 0.907. The van der Waals surface area contributed by atoms with Gasteiger partial charge in [0.15, 0.2) is 5.82 Å². The van der Waals surface area contributed by atoms with Gasteiger partial charge >= 0.3 is 0 Å². The molecule has 116 valence electrons. The molecule has 1 aromatic heterocycles. The molecule has 0 radical (unpaired) electrons. The molecule has 1 amide bonds. The highest BCUT2D eigenvalue weighted by Gasteiger charge is 2.29. The van der Waals surface area contributed by atoms with Crippen molar-refractivity contribution in [2.24, 2.45) is 7.05 Å². The largest absolute Gasteiger partial charge is 0.488 e. The molecular weight excluding hydrogens is 280 g/mol. The number of nitrogens with zero attached hydrogens (tertiary/aromatic N) is 3. The molecule has 1 aliphatic heterocycles. The Bertz CT molecular complexity index is 644. The van der Waals surface area contributed by atoms with Gasteiger partial charge in [-0.15, -0.1) is 0 Å². The Labute approximate surface area is 129 Å². The second-order valence-corrected chi connectivity index (χ2v) is 5.67. The summed E-state index contributed by atoms with van der Waals surface area (Å²) < 4.78 is 7.51. The van der Waals surface area contributed by atoms with E-state index in [0.29, 0.717) is 12.4 Å². The molecule has 6 nitrogen and oxygen atoms in total. The number of aryl methyl sites for hydroxylation is 2. The number of hydrogen-bond donors (Lipinski definition) is 1. The molecule has 1 saturated heterocycles. The summed E-state index contributed by atoms with van der Waals surface area (Å²) in [5, 5.41) is 6.90. The van der Waals surface area contributed by atoms with Gasteiger partial charge in [-0.1, -0.05) is 17.7 Å². The highest BCUT2D eigenvalue weighted by molar-refractivity contribution is 5.91. The monoisotopic (exact) mass is 300 g/mol. The van der Waals surface area contributed by atoms with Gasteiger partial charge in [0.05, 0.1) is 6.54 Å². The smallest absolute Gasteiger partial charge is 0.239 e. The van der Waals surface area contributed by atoms with E-state index in [1.165, 1.54) is 5.56 Å². The van der Waals surface area contributed by atoms with Crippen molar-refractivity contribution in [3.05, 3.63) is 42.1 Å². The van der Waals surface area contributed by atoms with Gasteiger partial charge in [-0.25, -0.2) is 0 Å². The fourth-order valence-corrected chi connectivity index (χ4v) is 2.40. The number of ether oxygens (including phenoxy) is 1. The van der Waals surface area contributed by atoms with Crippen LogP contribution < -0.4 is 10.1 Å². The molecule has 1 aliphatic rings. The van der Waals surface area contributed by atoms with Crippen molar-refractivity contribution in [2.75, 3.05) is 25.0 Å². The van der Waals surface area contributed by atoms with Gasteiger partial charge in [-0.3, -0.25) is 14.4 Å². The minimum Gasteiger partial charge on any atom is -0.488 e. The highest BCUT2D eigenvalue weighted by atomic mass is 16.5. The van der Waals surface area contributed by atoms with E-state index in [4.69, 9.17) is 4.74 Å². The molecule has 2 heterocycles. The van der Waals surface area contributed by atoms with Gasteiger partial charge in [0.25, 0.3) is 0 Å². The van der Waals surface area contributed by atoms with Crippen LogP contribution in [0.3, 0.4) is 0 Å². The van der Waals surface area contributed by atoms with E-state index >= 15 is 0 Å². The molecule has 6 heteroatoms. The van der Waals surface area contributed by atoms with E-state index in [2.05, 4.69) is 22.2 Å². The Hall–Kier alpha value is -2.34. The normalized spacial score (nSPS) is 15.4. The molecule has 1 N–H and O–H groups in total. The van der Waals surface area contributed by atoms with E-state index in [1.807, 2.05) is 31.3 Å². The van der Waals surface area contributed by atoms with E-state index in [0.717, 1.165) is 18.8 Å². The van der Waals surface area contributed by atoms with Crippen molar-refractivity contribution < 1.29 is 9.53 Å². The van der Waals surface area contributed by atoms with Gasteiger partial charge in [-0.2, -0.15) is 5.10 Å². The molecule has 22 heavy (non-hydrogen) atoms. The summed E-state index contributed by atoms with van der Waals surface area (Å²) >= 11 is 0. The fourth-order valence-electron chi connectivity index (χ4n) is 2.40. The second-order valence-electron chi connectivity index (χ2n) is 5.67. The number of aromatic nitrogens is 2. The van der Waals surface area contributed by atoms with Gasteiger partial charge in [-0.05, 0) is 19.1 Å². The zero-order valence-electron chi connectivity index (χ0n) is 12.8. The first-order valence-electron chi connectivity index (χ1n) is 7.34. The number of amides is 1. The Morgan fingerprint density at radius 2 is 2.05 bits per heavy atom. The van der Waals surface area contributed by atoms with Crippen LogP contribution in [-0.2, 0) is 11.8 Å². The lowest BCUT2D eigenvalue weighted by Crippen LogP contribution is -2.55. The molecule has 0 atom stereocenters. The van der Waals surface area contributed by atoms with Crippen LogP contribution in [-0.4, -0.2) is 46.3 Å². The SMILES string of the molecule is Cc1ccc(OC2CN(CC(=O)Nc3ccn(C)n3)C2)cc1. The van der Waals surface area contributed by atoms with Gasteiger partial charge < -0.3 is 10.1 Å². The number of anilines is 1. The third-order valence-electron chi connectivity index (χ3n) is 3.60. The van der Waals surface area contributed by atoms with E-state index < -0.39 is 0 Å². The van der Waals surface area contributed by atoms with Crippen LogP contribution in [0.25, 0.3) is 0 Å². The van der Waals surface area contributed by atoms with Crippen molar-refractivity contribution in [2.45, 2.75) is 13.0 Å². The zero-order valence-corrected chi connectivity index (χ0v) is 12.8. The maximum atomic E-state index is 11.9. The summed E-state index contributed by atoms with van der Waals surface area (Å²) in [5.41, 5.74) is 1.22. The van der Waals surface area contributed by atoms with Gasteiger partial charge in [0.2, 0.25) is 5.91 Å². The molecule has 0 aliphatic carbocycles.